The number of aryl methyl sites for hydroxylation is 2. The number of nitrogens with zero attached hydrogens (tertiary/aromatic N) is 4. The van der Waals surface area contributed by atoms with Crippen molar-refractivity contribution in [3.05, 3.63) is 132 Å². The van der Waals surface area contributed by atoms with Gasteiger partial charge in [-0.3, -0.25) is 9.36 Å². The summed E-state index contributed by atoms with van der Waals surface area (Å²) in [5.41, 5.74) is 4.57. The molecule has 0 fully saturated rings. The van der Waals surface area contributed by atoms with Gasteiger partial charge < -0.3 is 24.8 Å². The van der Waals surface area contributed by atoms with Crippen LogP contribution in [-0.4, -0.2) is 61.9 Å². The largest absolute Gasteiger partial charge is 1.00 e. The maximum Gasteiger partial charge on any atom is 1.00 e. The van der Waals surface area contributed by atoms with Gasteiger partial charge in [0.25, 0.3) is 0 Å². The van der Waals surface area contributed by atoms with Crippen LogP contribution in [0.5, 0.6) is 0 Å². The van der Waals surface area contributed by atoms with Gasteiger partial charge in [0.1, 0.15) is 0 Å². The fraction of sp³-hybridized carbons (Fsp3) is 0.263. The zero-order valence-electron chi connectivity index (χ0n) is 28.5. The quantitative estimate of drug-likeness (QED) is 0.0972. The molecule has 0 saturated heterocycles. The van der Waals surface area contributed by atoms with Crippen LogP contribution in [-0.2, 0) is 40.5 Å². The normalized spacial score (nSPS) is 10.5. The summed E-state index contributed by atoms with van der Waals surface area (Å²) in [6, 6.07) is 35.2. The van der Waals surface area contributed by atoms with E-state index >= 15 is 0 Å². The molecule has 0 unspecified atom stereocenters. The molecule has 2 N–H and O–H groups in total. The number of benzene rings is 4. The van der Waals surface area contributed by atoms with E-state index in [0.717, 1.165) is 40.4 Å². The Morgan fingerprint density at radius 1 is 0.640 bits per heavy atom. The van der Waals surface area contributed by atoms with Crippen molar-refractivity contribution in [1.82, 2.24) is 19.6 Å². The Balaban J connectivity index is 0.000000261. The van der Waals surface area contributed by atoms with Crippen LogP contribution >= 0.6 is 0 Å². The predicted octanol–water partition coefficient (Wildman–Crippen LogP) is 3.99. The number of carboxylic acid groups (broad SMARTS) is 1. The van der Waals surface area contributed by atoms with Crippen molar-refractivity contribution >= 4 is 33.7 Å². The topological polar surface area (TPSA) is 148 Å². The summed E-state index contributed by atoms with van der Waals surface area (Å²) in [6.45, 7) is 5.88. The van der Waals surface area contributed by atoms with Crippen molar-refractivity contribution in [3.8, 4) is 0 Å². The van der Waals surface area contributed by atoms with E-state index in [9.17, 15) is 14.7 Å². The van der Waals surface area contributed by atoms with Gasteiger partial charge in [-0.05, 0) is 43.0 Å². The molecule has 2 aromatic heterocycles. The van der Waals surface area contributed by atoms with Gasteiger partial charge in [-0.1, -0.05) is 97.1 Å². The fourth-order valence-electron chi connectivity index (χ4n) is 5.27. The van der Waals surface area contributed by atoms with Crippen molar-refractivity contribution in [2.75, 3.05) is 19.8 Å². The number of hydrogen-bond acceptors (Lipinski definition) is 8. The Labute approximate surface area is 303 Å². The number of rotatable bonds is 15. The molecule has 4 aromatic carbocycles. The van der Waals surface area contributed by atoms with Gasteiger partial charge in [0.05, 0.1) is 30.9 Å². The number of aromatic nitrogens is 4. The maximum absolute atomic E-state index is 12.1. The Bertz CT molecular complexity index is 1910. The van der Waals surface area contributed by atoms with Crippen molar-refractivity contribution < 1.29 is 53.2 Å². The van der Waals surface area contributed by atoms with Crippen LogP contribution in [0.2, 0.25) is 0 Å². The number of carbonyl (C=O) groups excluding carboxylic acids is 1. The van der Waals surface area contributed by atoms with Crippen molar-refractivity contribution in [1.29, 1.82) is 0 Å². The first-order chi connectivity index (χ1) is 23.5. The number of esters is 1. The van der Waals surface area contributed by atoms with E-state index in [0.29, 0.717) is 57.2 Å². The van der Waals surface area contributed by atoms with Crippen molar-refractivity contribution in [2.24, 2.45) is 0 Å². The number of ether oxygens (including phenoxy) is 3. The number of carboxylic acids is 1. The van der Waals surface area contributed by atoms with Crippen LogP contribution in [0.3, 0.4) is 0 Å². The minimum atomic E-state index is -1.000. The summed E-state index contributed by atoms with van der Waals surface area (Å²) < 4.78 is 20.1. The number of aromatic carboxylic acids is 1. The van der Waals surface area contributed by atoms with E-state index in [4.69, 9.17) is 14.2 Å². The van der Waals surface area contributed by atoms with Crippen LogP contribution in [0, 0.1) is 0 Å². The molecule has 0 aliphatic carbocycles. The third-order valence-electron chi connectivity index (χ3n) is 7.53. The SMILES string of the molecule is CCOC(=O)c1nn(CCCOCc2ccccc2)c2ccccc12.O=C(O)c1nn(CCCOCc2ccccc2)c2ccccc12.[Li+].[OH-]. The van der Waals surface area contributed by atoms with Crippen LogP contribution < -0.4 is 18.9 Å². The molecule has 0 bridgehead atoms. The molecule has 12 heteroatoms. The zero-order chi connectivity index (χ0) is 33.6. The summed E-state index contributed by atoms with van der Waals surface area (Å²) in [4.78, 5) is 23.3. The molecule has 50 heavy (non-hydrogen) atoms. The summed E-state index contributed by atoms with van der Waals surface area (Å²) in [6.07, 6.45) is 1.60. The average Bonchev–Trinajstić information content (AvgIpc) is 3.68. The van der Waals surface area contributed by atoms with E-state index in [-0.39, 0.29) is 36.0 Å². The van der Waals surface area contributed by atoms with Crippen LogP contribution in [0.1, 0.15) is 51.9 Å². The molecular weight excluding hydrogens is 631 g/mol. The number of carbonyl (C=O) groups is 2. The van der Waals surface area contributed by atoms with Crippen molar-refractivity contribution in [2.45, 2.75) is 46.1 Å². The van der Waals surface area contributed by atoms with E-state index in [1.807, 2.05) is 108 Å². The zero-order valence-corrected chi connectivity index (χ0v) is 28.5. The van der Waals surface area contributed by atoms with Gasteiger partial charge >= 0.3 is 30.8 Å². The molecule has 0 aliphatic rings. The molecule has 6 rings (SSSR count). The predicted molar refractivity (Wildman–Crippen MR) is 186 cm³/mol. The molecule has 2 heterocycles. The maximum atomic E-state index is 12.1. The van der Waals surface area contributed by atoms with E-state index < -0.39 is 5.97 Å². The third kappa shape index (κ3) is 10.9. The molecule has 0 spiro atoms. The van der Waals surface area contributed by atoms with Crippen LogP contribution in [0.25, 0.3) is 21.8 Å². The average molecular weight is 673 g/mol. The number of hydrogen-bond donors (Lipinski definition) is 1. The van der Waals surface area contributed by atoms with E-state index in [2.05, 4.69) is 10.2 Å². The molecule has 6 aromatic rings. The molecule has 0 saturated carbocycles. The standard InChI is InChI=1S/C20H22N2O3.C18H18N2O3.Li.H2O/c1-2-25-20(23)19-17-11-6-7-12-18(17)22(21-19)13-8-14-24-15-16-9-4-3-5-10-16;21-18(22)17-15-9-4-5-10-16(15)20(19-17)11-6-12-23-13-14-7-2-1-3-8-14;;/h3-7,9-12H,2,8,13-15H2,1H3;1-5,7-10H,6,11-13H2,(H,21,22);;1H2/q;;+1;/p-1. The van der Waals surface area contributed by atoms with Gasteiger partial charge in [-0.15, -0.1) is 0 Å². The van der Waals surface area contributed by atoms with Gasteiger partial charge in [-0.25, -0.2) is 9.59 Å². The molecule has 0 radical (unpaired) electrons. The number of para-hydroxylation sites is 2. The minimum Gasteiger partial charge on any atom is -0.870 e. The van der Waals surface area contributed by atoms with Gasteiger partial charge in [0, 0.05) is 37.1 Å². The van der Waals surface area contributed by atoms with Crippen molar-refractivity contribution in [3.63, 3.8) is 0 Å². The van der Waals surface area contributed by atoms with Crippen LogP contribution in [0.15, 0.2) is 109 Å². The smallest absolute Gasteiger partial charge is 0.870 e. The Morgan fingerprint density at radius 3 is 1.52 bits per heavy atom. The third-order valence-corrected chi connectivity index (χ3v) is 7.53. The Kier molecular flexibility index (Phi) is 16.4. The second kappa shape index (κ2) is 20.7. The molecular formula is C38H41LiN4O7. The molecule has 0 aliphatic heterocycles. The summed E-state index contributed by atoms with van der Waals surface area (Å²) in [7, 11) is 0. The van der Waals surface area contributed by atoms with E-state index in [1.54, 1.807) is 17.7 Å². The molecule has 0 atom stereocenters. The van der Waals surface area contributed by atoms with Crippen LogP contribution in [0.4, 0.5) is 0 Å². The Morgan fingerprint density at radius 2 is 1.06 bits per heavy atom. The summed E-state index contributed by atoms with van der Waals surface area (Å²) >= 11 is 0. The number of fused-ring (bicyclic) bond motifs is 2. The molecule has 256 valence electrons. The van der Waals surface area contributed by atoms with E-state index in [1.165, 1.54) is 0 Å². The second-order valence-corrected chi connectivity index (χ2v) is 11.0. The second-order valence-electron chi connectivity index (χ2n) is 11.0. The van der Waals surface area contributed by atoms with Gasteiger partial charge in [-0.2, -0.15) is 10.2 Å². The summed E-state index contributed by atoms with van der Waals surface area (Å²) in [5.74, 6) is -1.38. The first-order valence-electron chi connectivity index (χ1n) is 16.1. The minimum absolute atomic E-state index is 0. The first kappa shape index (κ1) is 39.7. The molecule has 0 amide bonds. The summed E-state index contributed by atoms with van der Waals surface area (Å²) in [5, 5.41) is 19.4. The van der Waals surface area contributed by atoms with Gasteiger partial charge in [0.2, 0.25) is 0 Å². The monoisotopic (exact) mass is 672 g/mol. The fourth-order valence-corrected chi connectivity index (χ4v) is 5.27. The van der Waals surface area contributed by atoms with Gasteiger partial charge in [0.15, 0.2) is 11.4 Å². The first-order valence-corrected chi connectivity index (χ1v) is 16.1. The molecule has 11 nitrogen and oxygen atoms in total. The Hall–Kier alpha value is -4.76.